The van der Waals surface area contributed by atoms with Crippen LogP contribution in [0.15, 0.2) is 43.1 Å². The van der Waals surface area contributed by atoms with Crippen LogP contribution in [-0.4, -0.2) is 14.8 Å². The zero-order chi connectivity index (χ0) is 20.6. The van der Waals surface area contributed by atoms with Crippen molar-refractivity contribution in [3.63, 3.8) is 0 Å². The van der Waals surface area contributed by atoms with Gasteiger partial charge >= 0.3 is 6.18 Å². The summed E-state index contributed by atoms with van der Waals surface area (Å²) in [5, 5.41) is 6.76. The summed E-state index contributed by atoms with van der Waals surface area (Å²) in [6, 6.07) is 5.92. The third-order valence-electron chi connectivity index (χ3n) is 4.10. The molecule has 1 N–H and O–H groups in total. The van der Waals surface area contributed by atoms with Crippen molar-refractivity contribution in [3.05, 3.63) is 71.7 Å². The molecule has 0 amide bonds. The van der Waals surface area contributed by atoms with E-state index < -0.39 is 23.5 Å². The molecule has 0 saturated heterocycles. The van der Waals surface area contributed by atoms with E-state index in [1.807, 2.05) is 0 Å². The number of para-hydroxylation sites is 1. The molecule has 2 heterocycles. The quantitative estimate of drug-likeness (QED) is 0.621. The van der Waals surface area contributed by atoms with Crippen molar-refractivity contribution < 1.29 is 22.0 Å². The molecule has 3 rings (SSSR count). The first kappa shape index (κ1) is 19.5. The number of nitrogens with one attached hydrogen (secondary N) is 1. The number of halogens is 5. The molecule has 3 aromatic rings. The van der Waals surface area contributed by atoms with Crippen molar-refractivity contribution in [2.24, 2.45) is 7.05 Å². The van der Waals surface area contributed by atoms with Crippen molar-refractivity contribution in [3.8, 4) is 11.3 Å². The van der Waals surface area contributed by atoms with Crippen LogP contribution in [0.4, 0.5) is 27.6 Å². The fraction of sp³-hybridized carbons (Fsp3) is 0.158. The highest BCUT2D eigenvalue weighted by atomic mass is 19.4. The maximum absolute atomic E-state index is 13.8. The molecular weight excluding hydrogens is 379 g/mol. The highest BCUT2D eigenvalue weighted by molar-refractivity contribution is 5.76. The van der Waals surface area contributed by atoms with Crippen molar-refractivity contribution in [2.45, 2.75) is 13.1 Å². The molecule has 0 bridgehead atoms. The van der Waals surface area contributed by atoms with Crippen LogP contribution in [0.25, 0.3) is 17.0 Å². The molecule has 0 spiro atoms. The van der Waals surface area contributed by atoms with Crippen LogP contribution < -0.4 is 5.32 Å². The second kappa shape index (κ2) is 7.06. The summed E-state index contributed by atoms with van der Waals surface area (Å²) >= 11 is 0. The molecule has 0 aliphatic rings. The van der Waals surface area contributed by atoms with Gasteiger partial charge in [0.15, 0.2) is 0 Å². The minimum absolute atomic E-state index is 0.128. The number of pyridine rings is 1. The lowest BCUT2D eigenvalue weighted by Gasteiger charge is -2.10. The summed E-state index contributed by atoms with van der Waals surface area (Å²) in [5.74, 6) is -1.58. The summed E-state index contributed by atoms with van der Waals surface area (Å²) in [7, 11) is 1.59. The molecular formula is C19H15F5N4. The van der Waals surface area contributed by atoms with Gasteiger partial charge in [-0.2, -0.15) is 18.3 Å². The largest absolute Gasteiger partial charge is 0.433 e. The Labute approximate surface area is 157 Å². The third kappa shape index (κ3) is 3.73. The zero-order valence-electron chi connectivity index (χ0n) is 14.9. The summed E-state index contributed by atoms with van der Waals surface area (Å²) in [6.45, 7) is 5.26. The van der Waals surface area contributed by atoms with Crippen LogP contribution in [0.5, 0.6) is 0 Å². The maximum Gasteiger partial charge on any atom is 0.433 e. The number of anilines is 1. The summed E-state index contributed by atoms with van der Waals surface area (Å²) in [5.41, 5.74) is 0.326. The first-order valence-corrected chi connectivity index (χ1v) is 8.06. The lowest BCUT2D eigenvalue weighted by molar-refractivity contribution is -0.141. The third-order valence-corrected chi connectivity index (χ3v) is 4.10. The van der Waals surface area contributed by atoms with Crippen molar-refractivity contribution in [2.75, 3.05) is 5.32 Å². The second-order valence-electron chi connectivity index (χ2n) is 6.12. The molecule has 0 aliphatic carbocycles. The Balaban J connectivity index is 1.92. The number of benzene rings is 1. The standard InChI is InChI=1S/C19H15F5N4/c1-10-7-17(19(22,23)24)25-9-12(10)16-8-15(27-28(16)3)11(2)26-18-13(20)5-4-6-14(18)21/h4-9,26H,2H2,1,3H3. The van der Waals surface area contributed by atoms with Crippen molar-refractivity contribution in [1.29, 1.82) is 0 Å². The fourth-order valence-corrected chi connectivity index (χ4v) is 2.68. The summed E-state index contributed by atoms with van der Waals surface area (Å²) in [6.07, 6.45) is -3.42. The van der Waals surface area contributed by atoms with Crippen molar-refractivity contribution >= 4 is 11.4 Å². The Kier molecular flexibility index (Phi) is 4.93. The Hall–Kier alpha value is -3.23. The van der Waals surface area contributed by atoms with Gasteiger partial charge in [-0.05, 0) is 36.8 Å². The van der Waals surface area contributed by atoms with Crippen LogP contribution >= 0.6 is 0 Å². The fourth-order valence-electron chi connectivity index (χ4n) is 2.68. The predicted octanol–water partition coefficient (Wildman–Crippen LogP) is 5.17. The van der Waals surface area contributed by atoms with Crippen LogP contribution in [0.2, 0.25) is 0 Å². The smallest absolute Gasteiger partial charge is 0.349 e. The van der Waals surface area contributed by atoms with E-state index in [0.29, 0.717) is 16.8 Å². The molecule has 146 valence electrons. The number of hydrogen-bond donors (Lipinski definition) is 1. The highest BCUT2D eigenvalue weighted by Crippen LogP contribution is 2.32. The normalized spacial score (nSPS) is 11.5. The Morgan fingerprint density at radius 3 is 2.36 bits per heavy atom. The lowest BCUT2D eigenvalue weighted by Crippen LogP contribution is -2.08. The number of rotatable bonds is 4. The molecule has 0 atom stereocenters. The van der Waals surface area contributed by atoms with Gasteiger partial charge in [0.2, 0.25) is 0 Å². The van der Waals surface area contributed by atoms with Crippen LogP contribution in [0.3, 0.4) is 0 Å². The number of aryl methyl sites for hydroxylation is 2. The molecule has 0 fully saturated rings. The molecule has 0 radical (unpaired) electrons. The number of aromatic nitrogens is 3. The SMILES string of the molecule is C=C(Nc1c(F)cccc1F)c1cc(-c2cnc(C(F)(F)F)cc2C)n(C)n1. The summed E-state index contributed by atoms with van der Waals surface area (Å²) < 4.78 is 67.4. The molecule has 0 unspecified atom stereocenters. The molecule has 2 aromatic heterocycles. The van der Waals surface area contributed by atoms with Gasteiger partial charge in [0.25, 0.3) is 0 Å². The lowest BCUT2D eigenvalue weighted by atomic mass is 10.1. The van der Waals surface area contributed by atoms with Gasteiger partial charge in [-0.3, -0.25) is 9.67 Å². The number of alkyl halides is 3. The van der Waals surface area contributed by atoms with Gasteiger partial charge in [-0.1, -0.05) is 12.6 Å². The van der Waals surface area contributed by atoms with Gasteiger partial charge in [-0.25, -0.2) is 8.78 Å². The number of hydrogen-bond acceptors (Lipinski definition) is 3. The van der Waals surface area contributed by atoms with E-state index in [9.17, 15) is 22.0 Å². The van der Waals surface area contributed by atoms with E-state index in [1.54, 1.807) is 13.1 Å². The van der Waals surface area contributed by atoms with E-state index in [2.05, 4.69) is 22.0 Å². The van der Waals surface area contributed by atoms with Crippen molar-refractivity contribution in [1.82, 2.24) is 14.8 Å². The molecule has 28 heavy (non-hydrogen) atoms. The summed E-state index contributed by atoms with van der Waals surface area (Å²) in [4.78, 5) is 3.47. The highest BCUT2D eigenvalue weighted by Gasteiger charge is 2.32. The van der Waals surface area contributed by atoms with Crippen LogP contribution in [0, 0.1) is 18.6 Å². The Morgan fingerprint density at radius 1 is 1.14 bits per heavy atom. The average Bonchev–Trinajstić information content (AvgIpc) is 2.99. The Bertz CT molecular complexity index is 1030. The number of nitrogens with zero attached hydrogens (tertiary/aromatic N) is 3. The minimum Gasteiger partial charge on any atom is -0.349 e. The van der Waals surface area contributed by atoms with E-state index in [1.165, 1.54) is 17.7 Å². The molecule has 1 aromatic carbocycles. The van der Waals surface area contributed by atoms with Gasteiger partial charge < -0.3 is 5.32 Å². The zero-order valence-corrected chi connectivity index (χ0v) is 14.9. The average molecular weight is 394 g/mol. The monoisotopic (exact) mass is 394 g/mol. The van der Waals surface area contributed by atoms with Gasteiger partial charge in [0, 0.05) is 18.8 Å². The maximum atomic E-state index is 13.8. The Morgan fingerprint density at radius 2 is 1.79 bits per heavy atom. The van der Waals surface area contributed by atoms with Crippen LogP contribution in [0.1, 0.15) is 17.0 Å². The van der Waals surface area contributed by atoms with E-state index >= 15 is 0 Å². The first-order valence-electron chi connectivity index (χ1n) is 8.06. The van der Waals surface area contributed by atoms with Gasteiger partial charge in [0.1, 0.15) is 28.7 Å². The van der Waals surface area contributed by atoms with Crippen LogP contribution in [-0.2, 0) is 13.2 Å². The van der Waals surface area contributed by atoms with E-state index in [-0.39, 0.29) is 17.1 Å². The minimum atomic E-state index is -4.54. The predicted molar refractivity (Wildman–Crippen MR) is 95.2 cm³/mol. The first-order chi connectivity index (χ1) is 13.1. The topological polar surface area (TPSA) is 42.7 Å². The molecule has 4 nitrogen and oxygen atoms in total. The van der Waals surface area contributed by atoms with E-state index in [4.69, 9.17) is 0 Å². The second-order valence-corrected chi connectivity index (χ2v) is 6.12. The molecule has 9 heteroatoms. The molecule has 0 saturated carbocycles. The molecule has 0 aliphatic heterocycles. The van der Waals surface area contributed by atoms with Gasteiger partial charge in [0.05, 0.1) is 11.4 Å². The van der Waals surface area contributed by atoms with E-state index in [0.717, 1.165) is 24.4 Å². The van der Waals surface area contributed by atoms with Gasteiger partial charge in [-0.15, -0.1) is 0 Å².